The maximum absolute atomic E-state index is 12.3. The quantitative estimate of drug-likeness (QED) is 0.696. The molecule has 1 aromatic rings. The lowest BCUT2D eigenvalue weighted by Crippen LogP contribution is -2.20. The van der Waals surface area contributed by atoms with Crippen LogP contribution < -0.4 is 14.8 Å². The maximum atomic E-state index is 12.3. The molecule has 1 aromatic carbocycles. The third-order valence-electron chi connectivity index (χ3n) is 2.79. The summed E-state index contributed by atoms with van der Waals surface area (Å²) in [7, 11) is 0. The van der Waals surface area contributed by atoms with Crippen LogP contribution in [0.1, 0.15) is 33.1 Å². The largest absolute Gasteiger partial charge is 0.573 e. The second-order valence-corrected chi connectivity index (χ2v) is 4.82. The van der Waals surface area contributed by atoms with Gasteiger partial charge < -0.3 is 14.8 Å². The van der Waals surface area contributed by atoms with Gasteiger partial charge in [0.1, 0.15) is 0 Å². The van der Waals surface area contributed by atoms with E-state index in [1.54, 1.807) is 6.07 Å². The number of alkyl halides is 3. The van der Waals surface area contributed by atoms with Crippen LogP contribution in [0, 0.1) is 0 Å². The lowest BCUT2D eigenvalue weighted by atomic mass is 10.2. The maximum Gasteiger partial charge on any atom is 0.573 e. The van der Waals surface area contributed by atoms with Gasteiger partial charge in [0.15, 0.2) is 11.5 Å². The van der Waals surface area contributed by atoms with Gasteiger partial charge in [-0.3, -0.25) is 0 Å². The molecule has 0 bridgehead atoms. The van der Waals surface area contributed by atoms with Gasteiger partial charge in [-0.25, -0.2) is 0 Å². The van der Waals surface area contributed by atoms with Gasteiger partial charge in [0.05, 0.1) is 6.10 Å². The summed E-state index contributed by atoms with van der Waals surface area (Å²) < 4.78 is 46.4. The summed E-state index contributed by atoms with van der Waals surface area (Å²) in [4.78, 5) is 0. The van der Waals surface area contributed by atoms with E-state index in [0.717, 1.165) is 32.4 Å². The molecule has 1 rings (SSSR count). The molecule has 0 spiro atoms. The highest BCUT2D eigenvalue weighted by atomic mass is 19.4. The highest BCUT2D eigenvalue weighted by Crippen LogP contribution is 2.32. The third-order valence-corrected chi connectivity index (χ3v) is 2.79. The first-order valence-electron chi connectivity index (χ1n) is 7.14. The molecule has 1 unspecified atom stereocenters. The highest BCUT2D eigenvalue weighted by Gasteiger charge is 2.32. The Morgan fingerprint density at radius 3 is 2.43 bits per heavy atom. The molecule has 0 saturated carbocycles. The van der Waals surface area contributed by atoms with Gasteiger partial charge in [-0.2, -0.15) is 0 Å². The fourth-order valence-electron chi connectivity index (χ4n) is 1.85. The van der Waals surface area contributed by atoms with Gasteiger partial charge >= 0.3 is 6.36 Å². The topological polar surface area (TPSA) is 30.5 Å². The summed E-state index contributed by atoms with van der Waals surface area (Å²) in [6, 6.07) is 5.83. The molecule has 0 aliphatic heterocycles. The number of hydrogen-bond donors (Lipinski definition) is 1. The number of rotatable bonds is 9. The van der Waals surface area contributed by atoms with Crippen molar-refractivity contribution < 1.29 is 22.6 Å². The second kappa shape index (κ2) is 8.77. The van der Waals surface area contributed by atoms with Crippen LogP contribution in [0.15, 0.2) is 24.3 Å². The van der Waals surface area contributed by atoms with E-state index >= 15 is 0 Å². The van der Waals surface area contributed by atoms with Crippen LogP contribution in [0.25, 0.3) is 0 Å². The number of para-hydroxylation sites is 2. The van der Waals surface area contributed by atoms with E-state index in [1.165, 1.54) is 18.2 Å². The number of nitrogens with one attached hydrogen (secondary N) is 1. The number of benzene rings is 1. The molecular weight excluding hydrogens is 283 g/mol. The van der Waals surface area contributed by atoms with Gasteiger partial charge in [-0.1, -0.05) is 19.1 Å². The molecule has 0 aliphatic carbocycles. The Labute approximate surface area is 123 Å². The molecule has 0 aromatic heterocycles. The normalized spacial score (nSPS) is 13.0. The van der Waals surface area contributed by atoms with Crippen LogP contribution in [0.3, 0.4) is 0 Å². The number of ether oxygens (including phenoxy) is 2. The van der Waals surface area contributed by atoms with Crippen molar-refractivity contribution >= 4 is 0 Å². The third kappa shape index (κ3) is 7.80. The van der Waals surface area contributed by atoms with E-state index < -0.39 is 6.36 Å². The van der Waals surface area contributed by atoms with Crippen molar-refractivity contribution in [2.45, 2.75) is 45.6 Å². The first kappa shape index (κ1) is 17.6. The Bertz CT molecular complexity index is 410. The van der Waals surface area contributed by atoms with E-state index in [9.17, 15) is 13.2 Å². The van der Waals surface area contributed by atoms with Gasteiger partial charge in [0.2, 0.25) is 0 Å². The van der Waals surface area contributed by atoms with Crippen molar-refractivity contribution in [2.24, 2.45) is 0 Å². The Morgan fingerprint density at radius 2 is 1.81 bits per heavy atom. The van der Waals surface area contributed by atoms with Gasteiger partial charge in [-0.15, -0.1) is 13.2 Å². The summed E-state index contributed by atoms with van der Waals surface area (Å²) in [5, 5.41) is 3.27. The van der Waals surface area contributed by atoms with Crippen molar-refractivity contribution in [2.75, 3.05) is 13.1 Å². The van der Waals surface area contributed by atoms with E-state index in [1.807, 2.05) is 6.92 Å². The molecule has 0 aliphatic rings. The van der Waals surface area contributed by atoms with E-state index in [-0.39, 0.29) is 17.6 Å². The van der Waals surface area contributed by atoms with Crippen LogP contribution in [0.2, 0.25) is 0 Å². The summed E-state index contributed by atoms with van der Waals surface area (Å²) in [5.74, 6) is -0.190. The van der Waals surface area contributed by atoms with Crippen molar-refractivity contribution in [3.8, 4) is 11.5 Å². The second-order valence-electron chi connectivity index (χ2n) is 4.82. The van der Waals surface area contributed by atoms with E-state index in [4.69, 9.17) is 4.74 Å². The van der Waals surface area contributed by atoms with Crippen LogP contribution in [0.4, 0.5) is 13.2 Å². The van der Waals surface area contributed by atoms with Crippen molar-refractivity contribution in [3.63, 3.8) is 0 Å². The van der Waals surface area contributed by atoms with Crippen molar-refractivity contribution in [1.82, 2.24) is 5.32 Å². The predicted octanol–water partition coefficient (Wildman–Crippen LogP) is 4.13. The van der Waals surface area contributed by atoms with E-state index in [0.29, 0.717) is 0 Å². The molecule has 0 saturated heterocycles. The fourth-order valence-corrected chi connectivity index (χ4v) is 1.85. The molecule has 1 atom stereocenters. The molecular formula is C15H22F3NO2. The van der Waals surface area contributed by atoms with Gasteiger partial charge in [0.25, 0.3) is 0 Å². The first-order valence-corrected chi connectivity index (χ1v) is 7.14. The van der Waals surface area contributed by atoms with Crippen molar-refractivity contribution in [3.05, 3.63) is 24.3 Å². The Morgan fingerprint density at radius 1 is 1.14 bits per heavy atom. The molecule has 3 nitrogen and oxygen atoms in total. The molecule has 0 amide bonds. The Balaban J connectivity index is 2.46. The highest BCUT2D eigenvalue weighted by molar-refractivity contribution is 5.39. The molecule has 0 fully saturated rings. The lowest BCUT2D eigenvalue weighted by Gasteiger charge is -2.18. The lowest BCUT2D eigenvalue weighted by molar-refractivity contribution is -0.275. The average molecular weight is 305 g/mol. The fraction of sp³-hybridized carbons (Fsp3) is 0.600. The summed E-state index contributed by atoms with van der Waals surface area (Å²) >= 11 is 0. The zero-order valence-corrected chi connectivity index (χ0v) is 12.4. The van der Waals surface area contributed by atoms with Crippen molar-refractivity contribution in [1.29, 1.82) is 0 Å². The standard InChI is InChI=1S/C15H22F3NO2/c1-3-10-19-11-6-7-12(2)20-13-8-4-5-9-14(13)21-15(16,17)18/h4-5,8-9,12,19H,3,6-7,10-11H2,1-2H3. The van der Waals surface area contributed by atoms with Gasteiger partial charge in [-0.05, 0) is 51.4 Å². The van der Waals surface area contributed by atoms with Crippen LogP contribution in [-0.2, 0) is 0 Å². The minimum absolute atomic E-state index is 0.115. The summed E-state index contributed by atoms with van der Waals surface area (Å²) in [5.41, 5.74) is 0. The van der Waals surface area contributed by atoms with E-state index in [2.05, 4.69) is 17.0 Å². The Hall–Kier alpha value is -1.43. The summed E-state index contributed by atoms with van der Waals surface area (Å²) in [6.07, 6.45) is -2.15. The molecule has 1 N–H and O–H groups in total. The number of hydrogen-bond acceptors (Lipinski definition) is 3. The molecule has 120 valence electrons. The van der Waals surface area contributed by atoms with Crippen LogP contribution >= 0.6 is 0 Å². The molecule has 21 heavy (non-hydrogen) atoms. The monoisotopic (exact) mass is 305 g/mol. The predicted molar refractivity (Wildman–Crippen MR) is 75.6 cm³/mol. The summed E-state index contributed by atoms with van der Waals surface area (Å²) in [6.45, 7) is 5.78. The molecule has 0 heterocycles. The minimum atomic E-state index is -4.72. The van der Waals surface area contributed by atoms with Crippen LogP contribution in [-0.4, -0.2) is 25.6 Å². The zero-order valence-electron chi connectivity index (χ0n) is 12.4. The SMILES string of the molecule is CCCNCCCC(C)Oc1ccccc1OC(F)(F)F. The Kier molecular flexibility index (Phi) is 7.36. The molecule has 0 radical (unpaired) electrons. The first-order chi connectivity index (χ1) is 9.92. The minimum Gasteiger partial charge on any atom is -0.487 e. The average Bonchev–Trinajstić information content (AvgIpc) is 2.39. The molecule has 6 heteroatoms. The number of halogens is 3. The van der Waals surface area contributed by atoms with Crippen LogP contribution in [0.5, 0.6) is 11.5 Å². The zero-order chi connectivity index (χ0) is 15.7. The van der Waals surface area contributed by atoms with Gasteiger partial charge in [0, 0.05) is 0 Å². The smallest absolute Gasteiger partial charge is 0.487 e.